The monoisotopic (exact) mass is 233 g/mol. The molecule has 15 heavy (non-hydrogen) atoms. The van der Waals surface area contributed by atoms with Crippen LogP contribution < -0.4 is 5.73 Å². The number of hydrogen-bond donors (Lipinski definition) is 1. The van der Waals surface area contributed by atoms with Crippen LogP contribution in [0.5, 0.6) is 0 Å². The molecule has 3 nitrogen and oxygen atoms in total. The van der Waals surface area contributed by atoms with Gasteiger partial charge in [0.15, 0.2) is 0 Å². The summed E-state index contributed by atoms with van der Waals surface area (Å²) in [6.07, 6.45) is 3.29. The van der Waals surface area contributed by atoms with Crippen molar-refractivity contribution in [3.05, 3.63) is 12.7 Å². The Morgan fingerprint density at radius 3 is 2.20 bits per heavy atom. The third kappa shape index (κ3) is 4.67. The van der Waals surface area contributed by atoms with Crippen LogP contribution in [0, 0.1) is 0 Å². The second kappa shape index (κ2) is 5.52. The summed E-state index contributed by atoms with van der Waals surface area (Å²) < 4.78 is 5.37. The SMILES string of the molecule is C=CC(N)=O.CCCC1(C(C)(C)Cl)CO1. The van der Waals surface area contributed by atoms with Crippen LogP contribution in [0.15, 0.2) is 12.7 Å². The predicted molar refractivity (Wildman–Crippen MR) is 62.9 cm³/mol. The first-order valence-electron chi connectivity index (χ1n) is 5.04. The summed E-state index contributed by atoms with van der Waals surface area (Å²) in [6.45, 7) is 10.1. The zero-order valence-electron chi connectivity index (χ0n) is 9.68. The zero-order chi connectivity index (χ0) is 12.1. The van der Waals surface area contributed by atoms with Crippen LogP contribution in [-0.2, 0) is 9.53 Å². The van der Waals surface area contributed by atoms with Crippen LogP contribution in [-0.4, -0.2) is 23.0 Å². The van der Waals surface area contributed by atoms with Gasteiger partial charge in [0.2, 0.25) is 5.91 Å². The molecular formula is C11H20ClNO2. The van der Waals surface area contributed by atoms with Crippen molar-refractivity contribution in [2.45, 2.75) is 44.1 Å². The average molecular weight is 234 g/mol. The summed E-state index contributed by atoms with van der Waals surface area (Å²) in [5, 5.41) is 0. The summed E-state index contributed by atoms with van der Waals surface area (Å²) in [5.74, 6) is -0.481. The van der Waals surface area contributed by atoms with Crippen molar-refractivity contribution in [1.29, 1.82) is 0 Å². The fraction of sp³-hybridized carbons (Fsp3) is 0.727. The number of amides is 1. The lowest BCUT2D eigenvalue weighted by Gasteiger charge is -2.24. The molecule has 0 aromatic rings. The predicted octanol–water partition coefficient (Wildman–Crippen LogP) is 2.23. The fourth-order valence-corrected chi connectivity index (χ4v) is 1.48. The van der Waals surface area contributed by atoms with Gasteiger partial charge >= 0.3 is 0 Å². The average Bonchev–Trinajstić information content (AvgIpc) is 2.86. The van der Waals surface area contributed by atoms with E-state index in [2.05, 4.69) is 19.2 Å². The molecule has 0 bridgehead atoms. The van der Waals surface area contributed by atoms with Crippen LogP contribution >= 0.6 is 11.6 Å². The molecule has 2 N–H and O–H groups in total. The quantitative estimate of drug-likeness (QED) is 0.460. The van der Waals surface area contributed by atoms with E-state index >= 15 is 0 Å². The highest BCUT2D eigenvalue weighted by Gasteiger charge is 2.54. The van der Waals surface area contributed by atoms with E-state index in [1.165, 1.54) is 0 Å². The molecule has 0 radical (unpaired) electrons. The fourth-order valence-electron chi connectivity index (χ4n) is 1.28. The maximum atomic E-state index is 9.47. The number of primary amides is 1. The normalized spacial score (nSPS) is 23.7. The van der Waals surface area contributed by atoms with E-state index in [4.69, 9.17) is 16.3 Å². The molecule has 1 aliphatic rings. The summed E-state index contributed by atoms with van der Waals surface area (Å²) in [5.41, 5.74) is 4.54. The number of carbonyl (C=O) groups excluding carboxylic acids is 1. The van der Waals surface area contributed by atoms with Gasteiger partial charge in [-0.2, -0.15) is 0 Å². The Balaban J connectivity index is 0.000000336. The van der Waals surface area contributed by atoms with E-state index < -0.39 is 5.91 Å². The van der Waals surface area contributed by atoms with Crippen molar-refractivity contribution in [2.75, 3.05) is 6.61 Å². The number of alkyl halides is 1. The third-order valence-electron chi connectivity index (χ3n) is 2.43. The van der Waals surface area contributed by atoms with E-state index in [9.17, 15) is 4.79 Å². The van der Waals surface area contributed by atoms with Gasteiger partial charge in [0, 0.05) is 0 Å². The van der Waals surface area contributed by atoms with Crippen molar-refractivity contribution in [3.63, 3.8) is 0 Å². The standard InChI is InChI=1S/C8H15ClO.C3H5NO/c1-4-5-8(6-10-8)7(2,3)9;1-2-3(4)5/h4-6H2,1-3H3;2H,1H2,(H2,4,5). The number of nitrogens with two attached hydrogens (primary N) is 1. The second-order valence-corrected chi connectivity index (χ2v) is 5.06. The molecule has 1 heterocycles. The van der Waals surface area contributed by atoms with Crippen molar-refractivity contribution < 1.29 is 9.53 Å². The number of hydrogen-bond acceptors (Lipinski definition) is 2. The number of carbonyl (C=O) groups is 1. The molecule has 1 aliphatic heterocycles. The van der Waals surface area contributed by atoms with Gasteiger partial charge in [-0.15, -0.1) is 11.6 Å². The number of rotatable bonds is 4. The molecule has 0 aliphatic carbocycles. The van der Waals surface area contributed by atoms with Crippen molar-refractivity contribution >= 4 is 17.5 Å². The molecule has 0 aromatic heterocycles. The lowest BCUT2D eigenvalue weighted by atomic mass is 9.91. The summed E-state index contributed by atoms with van der Waals surface area (Å²) in [4.78, 5) is 9.28. The number of epoxide rings is 1. The smallest absolute Gasteiger partial charge is 0.240 e. The van der Waals surface area contributed by atoms with Crippen LogP contribution in [0.1, 0.15) is 33.6 Å². The highest BCUT2D eigenvalue weighted by atomic mass is 35.5. The Morgan fingerprint density at radius 2 is 2.13 bits per heavy atom. The first-order chi connectivity index (χ1) is 6.79. The first kappa shape index (κ1) is 14.5. The zero-order valence-corrected chi connectivity index (χ0v) is 10.4. The van der Waals surface area contributed by atoms with Gasteiger partial charge in [0.1, 0.15) is 5.60 Å². The van der Waals surface area contributed by atoms with Gasteiger partial charge in [0.05, 0.1) is 11.5 Å². The Kier molecular flexibility index (Phi) is 5.32. The Bertz CT molecular complexity index is 229. The van der Waals surface area contributed by atoms with E-state index in [1.54, 1.807) is 0 Å². The van der Waals surface area contributed by atoms with Crippen LogP contribution in [0.4, 0.5) is 0 Å². The molecule has 1 amide bonds. The largest absolute Gasteiger partial charge is 0.368 e. The van der Waals surface area contributed by atoms with Gasteiger partial charge in [-0.1, -0.05) is 19.9 Å². The molecule has 88 valence electrons. The molecular weight excluding hydrogens is 214 g/mol. The lowest BCUT2D eigenvalue weighted by molar-refractivity contribution is -0.113. The van der Waals surface area contributed by atoms with E-state index in [-0.39, 0.29) is 10.5 Å². The highest BCUT2D eigenvalue weighted by molar-refractivity contribution is 6.24. The summed E-state index contributed by atoms with van der Waals surface area (Å²) in [6, 6.07) is 0. The molecule has 1 saturated heterocycles. The molecule has 1 rings (SSSR count). The van der Waals surface area contributed by atoms with Gasteiger partial charge in [-0.05, 0) is 26.3 Å². The Hall–Kier alpha value is -0.540. The van der Waals surface area contributed by atoms with Gasteiger partial charge < -0.3 is 10.5 Å². The first-order valence-corrected chi connectivity index (χ1v) is 5.41. The minimum Gasteiger partial charge on any atom is -0.368 e. The van der Waals surface area contributed by atoms with Crippen LogP contribution in [0.25, 0.3) is 0 Å². The minimum atomic E-state index is -0.481. The van der Waals surface area contributed by atoms with E-state index in [0.717, 1.165) is 25.5 Å². The highest BCUT2D eigenvalue weighted by Crippen LogP contribution is 2.45. The molecule has 1 atom stereocenters. The van der Waals surface area contributed by atoms with E-state index in [1.807, 2.05) is 13.8 Å². The summed E-state index contributed by atoms with van der Waals surface area (Å²) >= 11 is 6.14. The summed E-state index contributed by atoms with van der Waals surface area (Å²) in [7, 11) is 0. The van der Waals surface area contributed by atoms with Gasteiger partial charge in [-0.3, -0.25) is 4.79 Å². The van der Waals surface area contributed by atoms with Crippen molar-refractivity contribution in [2.24, 2.45) is 5.73 Å². The second-order valence-electron chi connectivity index (χ2n) is 4.11. The molecule has 1 fully saturated rings. The van der Waals surface area contributed by atoms with Gasteiger partial charge in [-0.25, -0.2) is 0 Å². The molecule has 0 aromatic carbocycles. The Labute approximate surface area is 96.6 Å². The number of ether oxygens (including phenoxy) is 1. The van der Waals surface area contributed by atoms with Gasteiger partial charge in [0.25, 0.3) is 0 Å². The maximum Gasteiger partial charge on any atom is 0.240 e. The van der Waals surface area contributed by atoms with Crippen LogP contribution in [0.2, 0.25) is 0 Å². The Morgan fingerprint density at radius 1 is 1.73 bits per heavy atom. The maximum absolute atomic E-state index is 9.47. The van der Waals surface area contributed by atoms with Crippen LogP contribution in [0.3, 0.4) is 0 Å². The number of halogens is 1. The lowest BCUT2D eigenvalue weighted by Crippen LogP contribution is -2.34. The third-order valence-corrected chi connectivity index (χ3v) is 2.78. The molecule has 1 unspecified atom stereocenters. The minimum absolute atomic E-state index is 0.00328. The van der Waals surface area contributed by atoms with Crippen molar-refractivity contribution in [3.8, 4) is 0 Å². The van der Waals surface area contributed by atoms with Crippen molar-refractivity contribution in [1.82, 2.24) is 0 Å². The van der Waals surface area contributed by atoms with E-state index in [0.29, 0.717) is 0 Å². The molecule has 0 saturated carbocycles. The topological polar surface area (TPSA) is 55.6 Å². The molecule has 4 heteroatoms. The molecule has 0 spiro atoms.